The highest BCUT2D eigenvalue weighted by atomic mass is 32.1. The molecule has 1 aliphatic heterocycles. The van der Waals surface area contributed by atoms with Gasteiger partial charge in [0.25, 0.3) is 0 Å². The summed E-state index contributed by atoms with van der Waals surface area (Å²) >= 11 is 1.48. The molecule has 114 valence electrons. The molecule has 1 atom stereocenters. The van der Waals surface area contributed by atoms with Crippen molar-refractivity contribution in [1.82, 2.24) is 19.4 Å². The van der Waals surface area contributed by atoms with Crippen molar-refractivity contribution in [3.05, 3.63) is 5.69 Å². The van der Waals surface area contributed by atoms with E-state index in [1.807, 2.05) is 0 Å². The van der Waals surface area contributed by atoms with Crippen LogP contribution in [0.1, 0.15) is 39.3 Å². The number of nitrogens with zero attached hydrogens (tertiary/aromatic N) is 4. The molecule has 0 radical (unpaired) electrons. The Labute approximate surface area is 126 Å². The average Bonchev–Trinajstić information content (AvgIpc) is 3.08. The predicted molar refractivity (Wildman–Crippen MR) is 85.3 cm³/mol. The maximum atomic E-state index is 4.29. The van der Waals surface area contributed by atoms with Crippen molar-refractivity contribution in [1.29, 1.82) is 0 Å². The smallest absolute Gasteiger partial charge is 0.134 e. The highest BCUT2D eigenvalue weighted by Crippen LogP contribution is 2.23. The molecule has 1 unspecified atom stereocenters. The normalized spacial score (nSPS) is 19.9. The molecule has 0 spiro atoms. The van der Waals surface area contributed by atoms with Gasteiger partial charge < -0.3 is 5.32 Å². The first-order chi connectivity index (χ1) is 9.78. The number of anilines is 1. The summed E-state index contributed by atoms with van der Waals surface area (Å²) < 4.78 is 4.10. The molecule has 2 heterocycles. The van der Waals surface area contributed by atoms with Crippen LogP contribution in [0.15, 0.2) is 0 Å². The number of hydrogen-bond acceptors (Lipinski definition) is 6. The Hall–Kier alpha value is -0.720. The van der Waals surface area contributed by atoms with E-state index in [1.165, 1.54) is 24.5 Å². The average molecular weight is 297 g/mol. The third-order valence-corrected chi connectivity index (χ3v) is 4.77. The van der Waals surface area contributed by atoms with Crippen molar-refractivity contribution >= 4 is 16.5 Å². The molecule has 1 aliphatic rings. The van der Waals surface area contributed by atoms with E-state index < -0.39 is 0 Å². The summed E-state index contributed by atoms with van der Waals surface area (Å²) in [7, 11) is 0. The molecule has 0 aliphatic carbocycles. The Morgan fingerprint density at radius 2 is 2.15 bits per heavy atom. The van der Waals surface area contributed by atoms with Crippen molar-refractivity contribution in [2.24, 2.45) is 0 Å². The van der Waals surface area contributed by atoms with Crippen LogP contribution in [0.2, 0.25) is 0 Å². The van der Waals surface area contributed by atoms with Gasteiger partial charge in [0.1, 0.15) is 10.7 Å². The summed E-state index contributed by atoms with van der Waals surface area (Å²) in [5, 5.41) is 8.87. The first-order valence-corrected chi connectivity index (χ1v) is 8.57. The summed E-state index contributed by atoms with van der Waals surface area (Å²) in [5.41, 5.74) is 1.11. The molecular formula is C14H27N5S. The van der Waals surface area contributed by atoms with Crippen molar-refractivity contribution in [3.63, 3.8) is 0 Å². The van der Waals surface area contributed by atoms with Gasteiger partial charge in [0.2, 0.25) is 0 Å². The number of hydrogen-bond donors (Lipinski definition) is 1. The van der Waals surface area contributed by atoms with Crippen molar-refractivity contribution in [2.45, 2.75) is 46.2 Å². The maximum Gasteiger partial charge on any atom is 0.134 e. The first kappa shape index (κ1) is 15.7. The van der Waals surface area contributed by atoms with Gasteiger partial charge in [-0.2, -0.15) is 0 Å². The van der Waals surface area contributed by atoms with E-state index in [2.05, 4.69) is 45.5 Å². The number of nitrogens with one attached hydrogen (secondary N) is 1. The molecule has 1 aromatic heterocycles. The van der Waals surface area contributed by atoms with Crippen LogP contribution in [-0.2, 0) is 6.54 Å². The quantitative estimate of drug-likeness (QED) is 0.797. The molecular weight excluding hydrogens is 270 g/mol. The Bertz CT molecular complexity index is 391. The highest BCUT2D eigenvalue weighted by Gasteiger charge is 2.27. The largest absolute Gasteiger partial charge is 0.374 e. The van der Waals surface area contributed by atoms with Gasteiger partial charge in [-0.3, -0.25) is 9.80 Å². The van der Waals surface area contributed by atoms with Crippen molar-refractivity contribution < 1.29 is 0 Å². The zero-order chi connectivity index (χ0) is 14.4. The Kier molecular flexibility index (Phi) is 6.19. The number of likely N-dealkylation sites (N-methyl/N-ethyl adjacent to an activating group) is 1. The summed E-state index contributed by atoms with van der Waals surface area (Å²) in [4.78, 5) is 5.08. The molecule has 6 heteroatoms. The van der Waals surface area contributed by atoms with E-state index in [9.17, 15) is 0 Å². The molecule has 1 fully saturated rings. The number of likely N-dealkylation sites (tertiary alicyclic amines) is 1. The van der Waals surface area contributed by atoms with Gasteiger partial charge >= 0.3 is 0 Å². The fourth-order valence-electron chi connectivity index (χ4n) is 2.89. The van der Waals surface area contributed by atoms with Crippen LogP contribution in [0.3, 0.4) is 0 Å². The topological polar surface area (TPSA) is 44.3 Å². The Morgan fingerprint density at radius 3 is 2.85 bits per heavy atom. The lowest BCUT2D eigenvalue weighted by Gasteiger charge is -2.26. The van der Waals surface area contributed by atoms with Crippen molar-refractivity contribution in [3.8, 4) is 0 Å². The highest BCUT2D eigenvalue weighted by molar-refractivity contribution is 7.10. The molecule has 1 aromatic rings. The van der Waals surface area contributed by atoms with Gasteiger partial charge in [-0.05, 0) is 25.9 Å². The molecule has 1 N–H and O–H groups in total. The van der Waals surface area contributed by atoms with Gasteiger partial charge in [0.15, 0.2) is 0 Å². The van der Waals surface area contributed by atoms with Crippen LogP contribution in [-0.4, -0.2) is 58.2 Å². The first-order valence-electron chi connectivity index (χ1n) is 7.79. The van der Waals surface area contributed by atoms with Gasteiger partial charge in [0.05, 0.1) is 0 Å². The van der Waals surface area contributed by atoms with E-state index in [1.54, 1.807) is 0 Å². The number of rotatable bonds is 8. The van der Waals surface area contributed by atoms with Crippen LogP contribution >= 0.6 is 11.5 Å². The molecule has 0 aromatic carbocycles. The minimum Gasteiger partial charge on any atom is -0.374 e. The zero-order valence-electron chi connectivity index (χ0n) is 12.9. The third-order valence-electron chi connectivity index (χ3n) is 4.04. The Balaban J connectivity index is 1.87. The van der Waals surface area contributed by atoms with Gasteiger partial charge in [0, 0.05) is 43.8 Å². The van der Waals surface area contributed by atoms with Gasteiger partial charge in [-0.15, -0.1) is 5.10 Å². The molecule has 0 amide bonds. The maximum absolute atomic E-state index is 4.29. The van der Waals surface area contributed by atoms with Gasteiger partial charge in [-0.25, -0.2) is 0 Å². The van der Waals surface area contributed by atoms with E-state index >= 15 is 0 Å². The predicted octanol–water partition coefficient (Wildman–Crippen LogP) is 2.28. The van der Waals surface area contributed by atoms with Crippen LogP contribution in [0, 0.1) is 0 Å². The number of aromatic nitrogens is 2. The van der Waals surface area contributed by atoms with E-state index in [4.69, 9.17) is 0 Å². The van der Waals surface area contributed by atoms with E-state index in [0.29, 0.717) is 6.04 Å². The summed E-state index contributed by atoms with van der Waals surface area (Å²) in [5.74, 6) is 0. The molecule has 2 rings (SSSR count). The lowest BCUT2D eigenvalue weighted by atomic mass is 10.2. The second kappa shape index (κ2) is 7.90. The van der Waals surface area contributed by atoms with E-state index in [0.717, 1.165) is 49.8 Å². The fraction of sp³-hybridized carbons (Fsp3) is 0.857. The van der Waals surface area contributed by atoms with Crippen LogP contribution in [0.25, 0.3) is 0 Å². The summed E-state index contributed by atoms with van der Waals surface area (Å²) in [6, 6.07) is 0.712. The standard InChI is InChI=1S/C14H27N5S/c1-4-8-15-14-13(16-17-20-14)11-18-9-7-12(10-18)19(5-2)6-3/h12,15H,4-11H2,1-3H3. The lowest BCUT2D eigenvalue weighted by Crippen LogP contribution is -2.37. The minimum absolute atomic E-state index is 0.712. The molecule has 0 saturated carbocycles. The minimum atomic E-state index is 0.712. The van der Waals surface area contributed by atoms with Gasteiger partial charge in [-0.1, -0.05) is 25.3 Å². The SMILES string of the molecule is CCCNc1snnc1CN1CCC(N(CC)CC)C1. The van der Waals surface area contributed by atoms with Crippen LogP contribution in [0.5, 0.6) is 0 Å². The lowest BCUT2D eigenvalue weighted by molar-refractivity contribution is 0.208. The van der Waals surface area contributed by atoms with Crippen LogP contribution in [0.4, 0.5) is 5.00 Å². The molecule has 1 saturated heterocycles. The zero-order valence-corrected chi connectivity index (χ0v) is 13.7. The van der Waals surface area contributed by atoms with Crippen LogP contribution < -0.4 is 5.32 Å². The second-order valence-corrected chi connectivity index (χ2v) is 6.13. The second-order valence-electron chi connectivity index (χ2n) is 5.37. The Morgan fingerprint density at radius 1 is 1.35 bits per heavy atom. The van der Waals surface area contributed by atoms with Crippen molar-refractivity contribution in [2.75, 3.05) is 38.0 Å². The third kappa shape index (κ3) is 3.90. The monoisotopic (exact) mass is 297 g/mol. The van der Waals surface area contributed by atoms with E-state index in [-0.39, 0.29) is 0 Å². The molecule has 0 bridgehead atoms. The fourth-order valence-corrected chi connectivity index (χ4v) is 3.49. The summed E-state index contributed by atoms with van der Waals surface area (Å²) in [6.45, 7) is 13.2. The molecule has 20 heavy (non-hydrogen) atoms. The molecule has 5 nitrogen and oxygen atoms in total. The summed E-state index contributed by atoms with van der Waals surface area (Å²) in [6.07, 6.45) is 2.40.